The minimum atomic E-state index is -0.561. The topological polar surface area (TPSA) is 142 Å². The Morgan fingerprint density at radius 2 is 1.65 bits per heavy atom. The third kappa shape index (κ3) is 4.46. The van der Waals surface area contributed by atoms with E-state index in [1.165, 1.54) is 30.8 Å². The molecule has 0 unspecified atom stereocenters. The van der Waals surface area contributed by atoms with Crippen molar-refractivity contribution < 1.29 is 9.59 Å². The van der Waals surface area contributed by atoms with E-state index in [-0.39, 0.29) is 22.7 Å². The number of aromatic nitrogens is 4. The summed E-state index contributed by atoms with van der Waals surface area (Å²) in [7, 11) is 2.91. The number of nitrogens with zero attached hydrogens (tertiary/aromatic N) is 4. The molecule has 0 aliphatic carbocycles. The van der Waals surface area contributed by atoms with E-state index in [2.05, 4.69) is 15.3 Å². The molecule has 0 saturated carbocycles. The van der Waals surface area contributed by atoms with Crippen LogP contribution in [0.3, 0.4) is 0 Å². The molecule has 0 saturated heterocycles. The Labute approximate surface area is 197 Å². The molecule has 3 N–H and O–H groups in total. The molecule has 0 spiro atoms. The van der Waals surface area contributed by atoms with Gasteiger partial charge < -0.3 is 11.1 Å². The summed E-state index contributed by atoms with van der Waals surface area (Å²) < 4.78 is 2.27. The fraction of sp³-hybridized carbons (Fsp3) is 0.130. The maximum Gasteiger partial charge on any atom is 0.332 e. The van der Waals surface area contributed by atoms with Crippen LogP contribution >= 0.6 is 11.8 Å². The molecular formula is C23H20N6O4S. The number of anilines is 1. The molecule has 0 bridgehead atoms. The van der Waals surface area contributed by atoms with Crippen LogP contribution in [0.4, 0.5) is 5.69 Å². The van der Waals surface area contributed by atoms with E-state index in [9.17, 15) is 19.2 Å². The SMILES string of the molecule is Cn1c(=O)c2c(SCC(=O)Nc3ccc(C(N)=O)cc3)nc(-c3ccccc3)nc2n(C)c1=O. The Hall–Kier alpha value is -4.25. The highest BCUT2D eigenvalue weighted by atomic mass is 32.2. The molecule has 4 aromatic rings. The third-order valence-electron chi connectivity index (χ3n) is 5.09. The summed E-state index contributed by atoms with van der Waals surface area (Å²) in [6.45, 7) is 0. The normalized spacial score (nSPS) is 10.9. The van der Waals surface area contributed by atoms with E-state index in [0.29, 0.717) is 27.7 Å². The van der Waals surface area contributed by atoms with Crippen molar-refractivity contribution in [1.82, 2.24) is 19.1 Å². The molecule has 34 heavy (non-hydrogen) atoms. The Bertz CT molecular complexity index is 1530. The predicted molar refractivity (Wildman–Crippen MR) is 130 cm³/mol. The van der Waals surface area contributed by atoms with Crippen LogP contribution in [-0.2, 0) is 18.9 Å². The van der Waals surface area contributed by atoms with Gasteiger partial charge in [0.15, 0.2) is 11.5 Å². The maximum atomic E-state index is 12.9. The number of amides is 2. The largest absolute Gasteiger partial charge is 0.366 e. The van der Waals surface area contributed by atoms with Crippen molar-refractivity contribution in [2.24, 2.45) is 19.8 Å². The van der Waals surface area contributed by atoms with Crippen LogP contribution in [0.25, 0.3) is 22.4 Å². The first-order valence-corrected chi connectivity index (χ1v) is 11.1. The van der Waals surface area contributed by atoms with Gasteiger partial charge >= 0.3 is 5.69 Å². The summed E-state index contributed by atoms with van der Waals surface area (Å²) >= 11 is 1.07. The lowest BCUT2D eigenvalue weighted by Gasteiger charge is -2.12. The van der Waals surface area contributed by atoms with Gasteiger partial charge in [-0.15, -0.1) is 0 Å². The van der Waals surface area contributed by atoms with Crippen molar-refractivity contribution in [2.45, 2.75) is 5.03 Å². The highest BCUT2D eigenvalue weighted by molar-refractivity contribution is 8.00. The molecule has 0 radical (unpaired) electrons. The number of nitrogens with one attached hydrogen (secondary N) is 1. The number of thioether (sulfide) groups is 1. The standard InChI is InChI=1S/C23H20N6O4S/c1-28-20-17(22(32)29(2)23(28)33)21(27-19(26-20)14-6-4-3-5-7-14)34-12-16(30)25-15-10-8-13(9-11-15)18(24)31/h3-11H,12H2,1-2H3,(H2,24,31)(H,25,30). The second kappa shape index (κ2) is 9.32. The lowest BCUT2D eigenvalue weighted by molar-refractivity contribution is -0.113. The fourth-order valence-corrected chi connectivity index (χ4v) is 4.11. The van der Waals surface area contributed by atoms with Crippen molar-refractivity contribution in [3.63, 3.8) is 0 Å². The van der Waals surface area contributed by atoms with Gasteiger partial charge in [-0.25, -0.2) is 14.8 Å². The molecule has 2 amide bonds. The van der Waals surface area contributed by atoms with Crippen LogP contribution in [0.2, 0.25) is 0 Å². The minimum absolute atomic E-state index is 0.0517. The molecular weight excluding hydrogens is 456 g/mol. The van der Waals surface area contributed by atoms with E-state index < -0.39 is 17.2 Å². The first-order valence-electron chi connectivity index (χ1n) is 10.1. The summed E-state index contributed by atoms with van der Waals surface area (Å²) in [5.74, 6) is -0.619. The molecule has 4 rings (SSSR count). The molecule has 2 heterocycles. The predicted octanol–water partition coefficient (Wildman–Crippen LogP) is 1.52. The molecule has 10 nitrogen and oxygen atoms in total. The highest BCUT2D eigenvalue weighted by Crippen LogP contribution is 2.26. The smallest absolute Gasteiger partial charge is 0.332 e. The van der Waals surface area contributed by atoms with Crippen molar-refractivity contribution in [3.8, 4) is 11.4 Å². The van der Waals surface area contributed by atoms with Gasteiger partial charge in [0.2, 0.25) is 11.8 Å². The summed E-state index contributed by atoms with van der Waals surface area (Å²) in [4.78, 5) is 58.2. The first kappa shape index (κ1) is 22.9. The van der Waals surface area contributed by atoms with Crippen LogP contribution in [0.1, 0.15) is 10.4 Å². The van der Waals surface area contributed by atoms with Crippen LogP contribution in [0.5, 0.6) is 0 Å². The highest BCUT2D eigenvalue weighted by Gasteiger charge is 2.19. The number of carbonyl (C=O) groups excluding carboxylic acids is 2. The molecule has 2 aromatic heterocycles. The maximum absolute atomic E-state index is 12.9. The van der Waals surface area contributed by atoms with Gasteiger partial charge in [0.05, 0.1) is 5.75 Å². The lowest BCUT2D eigenvalue weighted by Crippen LogP contribution is -2.37. The van der Waals surface area contributed by atoms with E-state index in [1.807, 2.05) is 30.3 Å². The van der Waals surface area contributed by atoms with E-state index in [0.717, 1.165) is 16.3 Å². The zero-order valence-electron chi connectivity index (χ0n) is 18.3. The second-order valence-electron chi connectivity index (χ2n) is 7.40. The van der Waals surface area contributed by atoms with Gasteiger partial charge in [-0.3, -0.25) is 23.5 Å². The monoisotopic (exact) mass is 476 g/mol. The van der Waals surface area contributed by atoms with Gasteiger partial charge in [-0.2, -0.15) is 0 Å². The number of rotatable bonds is 6. The summed E-state index contributed by atoms with van der Waals surface area (Å²) in [5.41, 5.74) is 5.89. The zero-order valence-corrected chi connectivity index (χ0v) is 19.1. The average molecular weight is 477 g/mol. The summed E-state index contributed by atoms with van der Waals surface area (Å²) in [6, 6.07) is 15.3. The number of fused-ring (bicyclic) bond motifs is 1. The van der Waals surface area contributed by atoms with E-state index in [1.54, 1.807) is 12.1 Å². The van der Waals surface area contributed by atoms with Gasteiger partial charge in [-0.05, 0) is 24.3 Å². The summed E-state index contributed by atoms with van der Waals surface area (Å²) in [5, 5.41) is 3.18. The van der Waals surface area contributed by atoms with Gasteiger partial charge in [-0.1, -0.05) is 42.1 Å². The molecule has 0 aliphatic heterocycles. The van der Waals surface area contributed by atoms with Crippen molar-refractivity contribution in [2.75, 3.05) is 11.1 Å². The Morgan fingerprint density at radius 1 is 0.971 bits per heavy atom. The molecule has 0 aliphatic rings. The number of nitrogens with two attached hydrogens (primary N) is 1. The number of aryl methyl sites for hydroxylation is 1. The number of hydrogen-bond donors (Lipinski definition) is 2. The third-order valence-corrected chi connectivity index (χ3v) is 6.07. The number of hydrogen-bond acceptors (Lipinski definition) is 7. The van der Waals surface area contributed by atoms with Gasteiger partial charge in [0, 0.05) is 30.9 Å². The van der Waals surface area contributed by atoms with E-state index in [4.69, 9.17) is 5.73 Å². The number of carbonyl (C=O) groups is 2. The first-order chi connectivity index (χ1) is 16.3. The average Bonchev–Trinajstić information content (AvgIpc) is 2.85. The molecule has 2 aromatic carbocycles. The van der Waals surface area contributed by atoms with Crippen LogP contribution in [0, 0.1) is 0 Å². The van der Waals surface area contributed by atoms with Crippen molar-refractivity contribution in [3.05, 3.63) is 81.0 Å². The van der Waals surface area contributed by atoms with Crippen molar-refractivity contribution in [1.29, 1.82) is 0 Å². The Morgan fingerprint density at radius 3 is 2.29 bits per heavy atom. The van der Waals surface area contributed by atoms with Gasteiger partial charge in [0.1, 0.15) is 10.4 Å². The minimum Gasteiger partial charge on any atom is -0.366 e. The van der Waals surface area contributed by atoms with Gasteiger partial charge in [0.25, 0.3) is 5.56 Å². The number of benzene rings is 2. The van der Waals surface area contributed by atoms with E-state index >= 15 is 0 Å². The molecule has 11 heteroatoms. The zero-order chi connectivity index (χ0) is 24.4. The Balaban J connectivity index is 1.69. The second-order valence-corrected chi connectivity index (χ2v) is 8.37. The number of primary amides is 1. The molecule has 0 fully saturated rings. The summed E-state index contributed by atoms with van der Waals surface area (Å²) in [6.07, 6.45) is 0. The quantitative estimate of drug-likeness (QED) is 0.317. The van der Waals surface area contributed by atoms with Crippen LogP contribution in [-0.4, -0.2) is 36.7 Å². The molecule has 0 atom stereocenters. The van der Waals surface area contributed by atoms with Crippen LogP contribution < -0.4 is 22.3 Å². The molecule has 172 valence electrons. The lowest BCUT2D eigenvalue weighted by atomic mass is 10.2. The van der Waals surface area contributed by atoms with Crippen LogP contribution in [0.15, 0.2) is 69.2 Å². The van der Waals surface area contributed by atoms with Crippen molar-refractivity contribution >= 4 is 40.3 Å². The fourth-order valence-electron chi connectivity index (χ4n) is 3.30. The Kier molecular flexibility index (Phi) is 6.28.